The monoisotopic (exact) mass is 182 g/mol. The first kappa shape index (κ1) is 9.60. The Balaban J connectivity index is 0.000000720. The molecule has 0 saturated heterocycles. The van der Waals surface area contributed by atoms with Crippen LogP contribution in [0.25, 0.3) is 0 Å². The Labute approximate surface area is 80.4 Å². The second kappa shape index (κ2) is 3.10. The highest BCUT2D eigenvalue weighted by molar-refractivity contribution is 5.85. The van der Waals surface area contributed by atoms with Crippen molar-refractivity contribution in [1.29, 1.82) is 0 Å². The number of fused-ring (bicyclic) bond motifs is 1. The molecule has 0 nitrogen and oxygen atoms in total. The maximum atomic E-state index is 2.33. The number of hydrogen-bond acceptors (Lipinski definition) is 0. The van der Waals surface area contributed by atoms with Gasteiger partial charge in [0, 0.05) is 0 Å². The van der Waals surface area contributed by atoms with Crippen LogP contribution in [0.5, 0.6) is 0 Å². The van der Waals surface area contributed by atoms with E-state index in [0.717, 1.165) is 0 Å². The largest absolute Gasteiger partial charge is 0.147 e. The van der Waals surface area contributed by atoms with Crippen LogP contribution in [-0.4, -0.2) is 0 Å². The van der Waals surface area contributed by atoms with Crippen molar-refractivity contribution in [3.8, 4) is 0 Å². The lowest BCUT2D eigenvalue weighted by atomic mass is 9.87. The molecule has 0 radical (unpaired) electrons. The van der Waals surface area contributed by atoms with Crippen molar-refractivity contribution in [1.82, 2.24) is 0 Å². The molecule has 0 unspecified atom stereocenters. The first-order valence-electron chi connectivity index (χ1n) is 4.28. The molecule has 2 rings (SSSR count). The quantitative estimate of drug-likeness (QED) is 0.578. The van der Waals surface area contributed by atoms with Gasteiger partial charge >= 0.3 is 0 Å². The summed E-state index contributed by atoms with van der Waals surface area (Å²) in [4.78, 5) is 0. The fraction of sp³-hybridized carbons (Fsp3) is 0.455. The molecule has 66 valence electrons. The van der Waals surface area contributed by atoms with E-state index in [9.17, 15) is 0 Å². The van der Waals surface area contributed by atoms with E-state index >= 15 is 0 Å². The summed E-state index contributed by atoms with van der Waals surface area (Å²) in [7, 11) is 0. The van der Waals surface area contributed by atoms with Crippen LogP contribution in [-0.2, 0) is 11.8 Å². The van der Waals surface area contributed by atoms with Gasteiger partial charge in [0.25, 0.3) is 0 Å². The van der Waals surface area contributed by atoms with Gasteiger partial charge in [-0.25, -0.2) is 0 Å². The highest BCUT2D eigenvalue weighted by Crippen LogP contribution is 2.37. The van der Waals surface area contributed by atoms with Crippen molar-refractivity contribution < 1.29 is 0 Å². The van der Waals surface area contributed by atoms with E-state index in [2.05, 4.69) is 38.1 Å². The van der Waals surface area contributed by atoms with Crippen LogP contribution < -0.4 is 0 Å². The molecular weight excluding hydrogens is 168 g/mol. The maximum absolute atomic E-state index is 2.33. The fourth-order valence-electron chi connectivity index (χ4n) is 1.98. The average Bonchev–Trinajstić information content (AvgIpc) is 2.29. The zero-order chi connectivity index (χ0) is 7.90. The Morgan fingerprint density at radius 3 is 2.50 bits per heavy atom. The molecule has 1 aliphatic carbocycles. The first-order valence-corrected chi connectivity index (χ1v) is 4.28. The summed E-state index contributed by atoms with van der Waals surface area (Å²) >= 11 is 0. The third-order valence-electron chi connectivity index (χ3n) is 2.77. The Morgan fingerprint density at radius 2 is 1.83 bits per heavy atom. The van der Waals surface area contributed by atoms with Crippen molar-refractivity contribution in [2.24, 2.45) is 0 Å². The molecule has 12 heavy (non-hydrogen) atoms. The SMILES string of the molecule is CC1(C)CCc2ccccc21.Cl. The molecule has 0 aromatic heterocycles. The third kappa shape index (κ3) is 1.36. The van der Waals surface area contributed by atoms with Crippen LogP contribution >= 0.6 is 12.4 Å². The van der Waals surface area contributed by atoms with Crippen LogP contribution in [0.2, 0.25) is 0 Å². The number of halogens is 1. The summed E-state index contributed by atoms with van der Waals surface area (Å²) in [6.45, 7) is 4.66. The third-order valence-corrected chi connectivity index (χ3v) is 2.77. The lowest BCUT2D eigenvalue weighted by molar-refractivity contribution is 0.522. The molecule has 1 aliphatic rings. The van der Waals surface area contributed by atoms with Gasteiger partial charge in [-0.05, 0) is 29.4 Å². The molecule has 0 spiro atoms. The summed E-state index contributed by atoms with van der Waals surface area (Å²) in [5.74, 6) is 0. The van der Waals surface area contributed by atoms with E-state index in [1.165, 1.54) is 12.8 Å². The van der Waals surface area contributed by atoms with Crippen LogP contribution in [0.4, 0.5) is 0 Å². The highest BCUT2D eigenvalue weighted by atomic mass is 35.5. The molecule has 0 fully saturated rings. The molecule has 1 aromatic carbocycles. The number of benzene rings is 1. The lowest BCUT2D eigenvalue weighted by Gasteiger charge is -2.18. The van der Waals surface area contributed by atoms with Crippen LogP contribution in [0.15, 0.2) is 24.3 Å². The van der Waals surface area contributed by atoms with Crippen molar-refractivity contribution in [2.45, 2.75) is 32.1 Å². The summed E-state index contributed by atoms with van der Waals surface area (Å²) < 4.78 is 0. The van der Waals surface area contributed by atoms with Gasteiger partial charge in [0.2, 0.25) is 0 Å². The van der Waals surface area contributed by atoms with Gasteiger partial charge in [0.1, 0.15) is 0 Å². The molecular formula is C11H15Cl. The van der Waals surface area contributed by atoms with Gasteiger partial charge < -0.3 is 0 Å². The van der Waals surface area contributed by atoms with E-state index in [-0.39, 0.29) is 12.4 Å². The van der Waals surface area contributed by atoms with Crippen LogP contribution in [0.1, 0.15) is 31.4 Å². The minimum Gasteiger partial charge on any atom is -0.147 e. The summed E-state index contributed by atoms with van der Waals surface area (Å²) in [6, 6.07) is 8.80. The first-order chi connectivity index (χ1) is 5.20. The summed E-state index contributed by atoms with van der Waals surface area (Å²) in [6.07, 6.45) is 2.58. The minimum atomic E-state index is 0. The Kier molecular flexibility index (Phi) is 2.48. The van der Waals surface area contributed by atoms with E-state index in [4.69, 9.17) is 0 Å². The second-order valence-electron chi connectivity index (χ2n) is 4.04. The van der Waals surface area contributed by atoms with E-state index in [0.29, 0.717) is 5.41 Å². The van der Waals surface area contributed by atoms with Crippen molar-refractivity contribution in [2.75, 3.05) is 0 Å². The van der Waals surface area contributed by atoms with Crippen molar-refractivity contribution >= 4 is 12.4 Å². The number of rotatable bonds is 0. The lowest BCUT2D eigenvalue weighted by Crippen LogP contribution is -2.11. The topological polar surface area (TPSA) is 0 Å². The van der Waals surface area contributed by atoms with Gasteiger partial charge in [-0.2, -0.15) is 0 Å². The molecule has 1 heteroatoms. The van der Waals surface area contributed by atoms with Gasteiger partial charge in [0.05, 0.1) is 0 Å². The summed E-state index contributed by atoms with van der Waals surface area (Å²) in [5.41, 5.74) is 3.54. The predicted octanol–water partition coefficient (Wildman–Crippen LogP) is 3.33. The Morgan fingerprint density at radius 1 is 1.17 bits per heavy atom. The zero-order valence-corrected chi connectivity index (χ0v) is 8.45. The van der Waals surface area contributed by atoms with Gasteiger partial charge in [-0.15, -0.1) is 12.4 Å². The normalized spacial score (nSPS) is 18.2. The molecule has 0 bridgehead atoms. The molecule has 0 N–H and O–H groups in total. The molecule has 0 atom stereocenters. The highest BCUT2D eigenvalue weighted by Gasteiger charge is 2.28. The molecule has 1 aromatic rings. The molecule has 0 saturated carbocycles. The Hall–Kier alpha value is -0.490. The fourth-order valence-corrected chi connectivity index (χ4v) is 1.98. The van der Waals surface area contributed by atoms with E-state index in [1.807, 2.05) is 0 Å². The Bertz CT molecular complexity index is 276. The van der Waals surface area contributed by atoms with Crippen LogP contribution in [0.3, 0.4) is 0 Å². The predicted molar refractivity (Wildman–Crippen MR) is 55.0 cm³/mol. The number of hydrogen-bond donors (Lipinski definition) is 0. The van der Waals surface area contributed by atoms with Crippen LogP contribution in [0, 0.1) is 0 Å². The molecule has 0 heterocycles. The summed E-state index contributed by atoms with van der Waals surface area (Å²) in [5, 5.41) is 0. The molecule has 0 amide bonds. The van der Waals surface area contributed by atoms with Gasteiger partial charge in [0.15, 0.2) is 0 Å². The number of aryl methyl sites for hydroxylation is 1. The van der Waals surface area contributed by atoms with Gasteiger partial charge in [-0.1, -0.05) is 38.1 Å². The zero-order valence-electron chi connectivity index (χ0n) is 7.63. The standard InChI is InChI=1S/C11H14.ClH/c1-11(2)8-7-9-5-3-4-6-10(9)11;/h3-6H,7-8H2,1-2H3;1H. The second-order valence-corrected chi connectivity index (χ2v) is 4.04. The smallest absolute Gasteiger partial charge is 0.00977 e. The van der Waals surface area contributed by atoms with Gasteiger partial charge in [-0.3, -0.25) is 0 Å². The van der Waals surface area contributed by atoms with Crippen molar-refractivity contribution in [3.63, 3.8) is 0 Å². The molecule has 0 aliphatic heterocycles. The van der Waals surface area contributed by atoms with Crippen molar-refractivity contribution in [3.05, 3.63) is 35.4 Å². The van der Waals surface area contributed by atoms with E-state index in [1.54, 1.807) is 11.1 Å². The van der Waals surface area contributed by atoms with E-state index < -0.39 is 0 Å². The average molecular weight is 183 g/mol. The minimum absolute atomic E-state index is 0. The maximum Gasteiger partial charge on any atom is -0.00977 e.